The zero-order valence-electron chi connectivity index (χ0n) is 12.7. The third-order valence-corrected chi connectivity index (χ3v) is 4.20. The summed E-state index contributed by atoms with van der Waals surface area (Å²) in [5, 5.41) is 0. The van der Waals surface area contributed by atoms with Crippen molar-refractivity contribution in [2.24, 2.45) is 11.8 Å². The third kappa shape index (κ3) is 9.80. The lowest BCUT2D eigenvalue weighted by atomic mass is 10.0. The van der Waals surface area contributed by atoms with Gasteiger partial charge in [-0.2, -0.15) is 0 Å². The van der Waals surface area contributed by atoms with Crippen LogP contribution in [0.4, 0.5) is 0 Å². The molecule has 2 atom stereocenters. The molecule has 0 N–H and O–H groups in total. The summed E-state index contributed by atoms with van der Waals surface area (Å²) in [6.07, 6.45) is 5.36. The summed E-state index contributed by atoms with van der Waals surface area (Å²) < 4.78 is 11.9. The van der Waals surface area contributed by atoms with E-state index in [0.717, 1.165) is 25.7 Å². The van der Waals surface area contributed by atoms with Crippen LogP contribution in [0.2, 0.25) is 0 Å². The molecule has 0 aliphatic rings. The summed E-state index contributed by atoms with van der Waals surface area (Å²) in [4.78, 5) is 0. The molecule has 0 saturated carbocycles. The zero-order chi connectivity index (χ0) is 13.3. The Bertz CT molecular complexity index is 154. The maximum Gasteiger partial charge on any atom is 0.304 e. The van der Waals surface area contributed by atoms with Gasteiger partial charge in [-0.25, -0.2) is 0 Å². The van der Waals surface area contributed by atoms with Crippen LogP contribution >= 0.6 is 0 Å². The fourth-order valence-electron chi connectivity index (χ4n) is 1.99. The fraction of sp³-hybridized carbons (Fsp3) is 1.00. The van der Waals surface area contributed by atoms with E-state index >= 15 is 0 Å². The van der Waals surface area contributed by atoms with Gasteiger partial charge in [0.2, 0.25) is 0 Å². The van der Waals surface area contributed by atoms with E-state index < -0.39 is 10.0 Å². The molecular formula is C14H32O2Si. The van der Waals surface area contributed by atoms with Crippen LogP contribution in [0.15, 0.2) is 0 Å². The summed E-state index contributed by atoms with van der Waals surface area (Å²) in [5.74, 6) is 1.43. The summed E-state index contributed by atoms with van der Waals surface area (Å²) >= 11 is 0. The minimum Gasteiger partial charge on any atom is -0.396 e. The third-order valence-electron chi connectivity index (χ3n) is 2.99. The van der Waals surface area contributed by atoms with Crippen LogP contribution in [0.25, 0.3) is 0 Å². The van der Waals surface area contributed by atoms with Gasteiger partial charge in [0, 0.05) is 12.2 Å². The second-order valence-electron chi connectivity index (χ2n) is 5.77. The van der Waals surface area contributed by atoms with Crippen LogP contribution < -0.4 is 0 Å². The molecule has 2 nitrogen and oxygen atoms in total. The molecule has 0 amide bonds. The predicted molar refractivity (Wildman–Crippen MR) is 77.8 cm³/mol. The van der Waals surface area contributed by atoms with Crippen LogP contribution in [-0.4, -0.2) is 22.2 Å². The Morgan fingerprint density at radius 2 is 1.12 bits per heavy atom. The van der Waals surface area contributed by atoms with Crippen molar-refractivity contribution in [2.45, 2.75) is 79.4 Å². The predicted octanol–water partition coefficient (Wildman–Crippen LogP) is 3.67. The van der Waals surface area contributed by atoms with E-state index in [2.05, 4.69) is 41.5 Å². The van der Waals surface area contributed by atoms with E-state index in [0.29, 0.717) is 24.0 Å². The Labute approximate surface area is 111 Å². The minimum absolute atomic E-state index is 0.415. The molecule has 104 valence electrons. The largest absolute Gasteiger partial charge is 0.396 e. The highest BCUT2D eigenvalue weighted by molar-refractivity contribution is 6.18. The van der Waals surface area contributed by atoms with E-state index in [1.807, 2.05) is 0 Å². The molecule has 0 saturated heterocycles. The van der Waals surface area contributed by atoms with Gasteiger partial charge in [-0.15, -0.1) is 0 Å². The highest BCUT2D eigenvalue weighted by Crippen LogP contribution is 2.13. The monoisotopic (exact) mass is 260 g/mol. The Morgan fingerprint density at radius 1 is 0.765 bits per heavy atom. The Balaban J connectivity index is 3.77. The maximum absolute atomic E-state index is 5.93. The van der Waals surface area contributed by atoms with Crippen molar-refractivity contribution in [3.63, 3.8) is 0 Å². The van der Waals surface area contributed by atoms with E-state index in [4.69, 9.17) is 8.85 Å². The van der Waals surface area contributed by atoms with E-state index in [1.54, 1.807) is 0 Å². The summed E-state index contributed by atoms with van der Waals surface area (Å²) in [6.45, 7) is 13.4. The van der Waals surface area contributed by atoms with Gasteiger partial charge in [-0.05, 0) is 37.5 Å². The summed E-state index contributed by atoms with van der Waals surface area (Å²) in [6, 6.07) is 0. The van der Waals surface area contributed by atoms with Crippen molar-refractivity contribution in [3.8, 4) is 0 Å². The van der Waals surface area contributed by atoms with Crippen molar-refractivity contribution < 1.29 is 8.85 Å². The standard InChI is InChI=1S/C14H32O2Si/c1-7-13(9-11(3)4)15-17-16-14(8-2)10-12(5)6/h11-14H,7-10,17H2,1-6H3. The van der Waals surface area contributed by atoms with Gasteiger partial charge < -0.3 is 8.85 Å². The van der Waals surface area contributed by atoms with Gasteiger partial charge >= 0.3 is 10.0 Å². The lowest BCUT2D eigenvalue weighted by Gasteiger charge is -2.22. The van der Waals surface area contributed by atoms with Crippen LogP contribution in [0.3, 0.4) is 0 Å². The molecule has 0 bridgehead atoms. The molecule has 0 fully saturated rings. The second kappa shape index (κ2) is 10.1. The first kappa shape index (κ1) is 17.1. The van der Waals surface area contributed by atoms with Gasteiger partial charge in [0.15, 0.2) is 0 Å². The number of hydrogen-bond acceptors (Lipinski definition) is 2. The first-order valence-corrected chi connectivity index (χ1v) is 8.38. The number of hydrogen-bond donors (Lipinski definition) is 0. The molecule has 2 unspecified atom stereocenters. The van der Waals surface area contributed by atoms with Crippen LogP contribution in [0, 0.1) is 11.8 Å². The molecule has 17 heavy (non-hydrogen) atoms. The Morgan fingerprint density at radius 3 is 1.35 bits per heavy atom. The molecule has 0 radical (unpaired) electrons. The van der Waals surface area contributed by atoms with E-state index in [1.165, 1.54) is 0 Å². The molecule has 0 rings (SSSR count). The van der Waals surface area contributed by atoms with Crippen molar-refractivity contribution in [2.75, 3.05) is 0 Å². The van der Waals surface area contributed by atoms with Crippen molar-refractivity contribution in [1.82, 2.24) is 0 Å². The molecule has 0 heterocycles. The molecule has 0 aromatic carbocycles. The van der Waals surface area contributed by atoms with Crippen molar-refractivity contribution in [1.29, 1.82) is 0 Å². The number of rotatable bonds is 10. The highest BCUT2D eigenvalue weighted by Gasteiger charge is 2.12. The van der Waals surface area contributed by atoms with E-state index in [-0.39, 0.29) is 0 Å². The van der Waals surface area contributed by atoms with Crippen molar-refractivity contribution in [3.05, 3.63) is 0 Å². The lowest BCUT2D eigenvalue weighted by Crippen LogP contribution is -2.23. The minimum atomic E-state index is -0.791. The summed E-state index contributed by atoms with van der Waals surface area (Å²) in [7, 11) is -0.791. The van der Waals surface area contributed by atoms with Crippen LogP contribution in [0.5, 0.6) is 0 Å². The topological polar surface area (TPSA) is 18.5 Å². The first-order valence-electron chi connectivity index (χ1n) is 7.22. The first-order chi connectivity index (χ1) is 7.99. The van der Waals surface area contributed by atoms with E-state index in [9.17, 15) is 0 Å². The second-order valence-corrected chi connectivity index (χ2v) is 6.67. The normalized spacial score (nSPS) is 16.2. The molecule has 0 aliphatic heterocycles. The SMILES string of the molecule is CCC(CC(C)C)O[SiH2]OC(CC)CC(C)C. The summed E-state index contributed by atoms with van der Waals surface area (Å²) in [5.41, 5.74) is 0. The average molecular weight is 260 g/mol. The zero-order valence-corrected chi connectivity index (χ0v) is 14.1. The maximum atomic E-state index is 5.93. The van der Waals surface area contributed by atoms with Crippen LogP contribution in [0.1, 0.15) is 67.2 Å². The molecule has 0 aliphatic carbocycles. The molecule has 0 spiro atoms. The van der Waals surface area contributed by atoms with Gasteiger partial charge in [-0.1, -0.05) is 41.5 Å². The fourth-order valence-corrected chi connectivity index (χ4v) is 3.20. The van der Waals surface area contributed by atoms with Gasteiger partial charge in [0.1, 0.15) is 0 Å². The lowest BCUT2D eigenvalue weighted by molar-refractivity contribution is 0.0941. The van der Waals surface area contributed by atoms with Gasteiger partial charge in [0.25, 0.3) is 0 Å². The van der Waals surface area contributed by atoms with Crippen molar-refractivity contribution >= 4 is 10.0 Å². The smallest absolute Gasteiger partial charge is 0.304 e. The molecule has 0 aromatic heterocycles. The molecule has 0 aromatic rings. The quantitative estimate of drug-likeness (QED) is 0.558. The Hall–Kier alpha value is 0.137. The van der Waals surface area contributed by atoms with Gasteiger partial charge in [0.05, 0.1) is 0 Å². The Kier molecular flexibility index (Phi) is 10.2. The average Bonchev–Trinajstić information content (AvgIpc) is 2.25. The van der Waals surface area contributed by atoms with Gasteiger partial charge in [-0.3, -0.25) is 0 Å². The van der Waals surface area contributed by atoms with Crippen LogP contribution in [-0.2, 0) is 8.85 Å². The molecular weight excluding hydrogens is 228 g/mol. The highest BCUT2D eigenvalue weighted by atomic mass is 28.3. The molecule has 3 heteroatoms.